The molecule has 0 aliphatic heterocycles. The van der Waals surface area contributed by atoms with Crippen LogP contribution >= 0.6 is 0 Å². The van der Waals surface area contributed by atoms with Crippen LogP contribution < -0.4 is 4.74 Å². The van der Waals surface area contributed by atoms with E-state index in [0.29, 0.717) is 12.1 Å². The van der Waals surface area contributed by atoms with Gasteiger partial charge in [0.15, 0.2) is 0 Å². The first-order valence-corrected chi connectivity index (χ1v) is 9.03. The van der Waals surface area contributed by atoms with Crippen LogP contribution in [0.15, 0.2) is 36.9 Å². The molecule has 7 nitrogen and oxygen atoms in total. The number of aromatic nitrogens is 6. The summed E-state index contributed by atoms with van der Waals surface area (Å²) >= 11 is 0. The maximum Gasteiger partial charge on any atom is 0.316 e. The Labute approximate surface area is 157 Å². The van der Waals surface area contributed by atoms with Crippen LogP contribution in [0.1, 0.15) is 32.5 Å². The third kappa shape index (κ3) is 3.16. The lowest BCUT2D eigenvalue weighted by Crippen LogP contribution is -1.99. The monoisotopic (exact) mass is 362 g/mol. The summed E-state index contributed by atoms with van der Waals surface area (Å²) in [5.74, 6) is 0. The molecule has 7 heteroatoms. The van der Waals surface area contributed by atoms with Crippen LogP contribution in [0.3, 0.4) is 0 Å². The lowest BCUT2D eigenvalue weighted by molar-refractivity contribution is 0.379. The fourth-order valence-corrected chi connectivity index (χ4v) is 3.03. The number of aryl methyl sites for hydroxylation is 1. The van der Waals surface area contributed by atoms with E-state index in [2.05, 4.69) is 51.9 Å². The molecule has 0 aliphatic rings. The van der Waals surface area contributed by atoms with Crippen molar-refractivity contribution in [2.24, 2.45) is 0 Å². The van der Waals surface area contributed by atoms with Gasteiger partial charge < -0.3 is 9.72 Å². The second kappa shape index (κ2) is 6.83. The highest BCUT2D eigenvalue weighted by molar-refractivity contribution is 5.94. The molecule has 0 aromatic carbocycles. The number of nitrogens with one attached hydrogen (secondary N) is 1. The molecule has 0 bridgehead atoms. The van der Waals surface area contributed by atoms with Gasteiger partial charge in [0.2, 0.25) is 0 Å². The Balaban J connectivity index is 1.83. The molecular formula is C20H22N6O. The Morgan fingerprint density at radius 1 is 1.15 bits per heavy atom. The molecule has 0 radical (unpaired) electrons. The van der Waals surface area contributed by atoms with E-state index in [1.807, 2.05) is 35.5 Å². The summed E-state index contributed by atoms with van der Waals surface area (Å²) in [6, 6.07) is 4.81. The molecule has 4 aromatic rings. The Morgan fingerprint density at radius 2 is 2.00 bits per heavy atom. The summed E-state index contributed by atoms with van der Waals surface area (Å²) in [5.41, 5.74) is 5.62. The maximum atomic E-state index is 5.27. The largest absolute Gasteiger partial charge is 0.467 e. The molecule has 1 N–H and O–H groups in total. The topological polar surface area (TPSA) is 81.5 Å². The second-order valence-electron chi connectivity index (χ2n) is 6.71. The van der Waals surface area contributed by atoms with E-state index in [-0.39, 0.29) is 0 Å². The van der Waals surface area contributed by atoms with Crippen molar-refractivity contribution in [3.8, 4) is 28.4 Å². The van der Waals surface area contributed by atoms with Crippen LogP contribution in [0.4, 0.5) is 0 Å². The van der Waals surface area contributed by atoms with Crippen LogP contribution in [0, 0.1) is 0 Å². The summed E-state index contributed by atoms with van der Waals surface area (Å²) in [4.78, 5) is 16.7. The van der Waals surface area contributed by atoms with Crippen LogP contribution in [-0.2, 0) is 6.42 Å². The zero-order valence-corrected chi connectivity index (χ0v) is 15.9. The van der Waals surface area contributed by atoms with Gasteiger partial charge in [-0.2, -0.15) is 10.1 Å². The van der Waals surface area contributed by atoms with E-state index in [9.17, 15) is 0 Å². The molecule has 0 aliphatic carbocycles. The summed E-state index contributed by atoms with van der Waals surface area (Å²) in [5, 5.41) is 5.44. The lowest BCUT2D eigenvalue weighted by atomic mass is 10.1. The number of hydrogen-bond acceptors (Lipinski definition) is 5. The number of hydrogen-bond donors (Lipinski definition) is 1. The SMILES string of the molecule is CCc1cc(-c2c[nH]c3ncc(-c4cnn(C(C)C)c4)cc23)nc(OC)n1. The molecule has 4 rings (SSSR count). The van der Waals surface area contributed by atoms with Gasteiger partial charge in [0.1, 0.15) is 5.65 Å². The number of H-pyrrole nitrogens is 1. The molecule has 0 amide bonds. The highest BCUT2D eigenvalue weighted by atomic mass is 16.5. The van der Waals surface area contributed by atoms with Crippen LogP contribution in [0.25, 0.3) is 33.4 Å². The number of methoxy groups -OCH3 is 1. The number of nitrogens with zero attached hydrogens (tertiary/aromatic N) is 5. The molecule has 0 unspecified atom stereocenters. The van der Waals surface area contributed by atoms with Crippen molar-refractivity contribution in [2.45, 2.75) is 33.2 Å². The van der Waals surface area contributed by atoms with Crippen LogP contribution in [0.2, 0.25) is 0 Å². The molecule has 0 saturated heterocycles. The minimum Gasteiger partial charge on any atom is -0.467 e. The molecular weight excluding hydrogens is 340 g/mol. The predicted molar refractivity (Wildman–Crippen MR) is 105 cm³/mol. The van der Waals surface area contributed by atoms with Crippen LogP contribution in [0.5, 0.6) is 6.01 Å². The van der Waals surface area contributed by atoms with Gasteiger partial charge in [-0.05, 0) is 32.4 Å². The Kier molecular flexibility index (Phi) is 4.35. The maximum absolute atomic E-state index is 5.27. The van der Waals surface area contributed by atoms with Crippen molar-refractivity contribution in [1.29, 1.82) is 0 Å². The zero-order valence-electron chi connectivity index (χ0n) is 15.9. The molecule has 4 aromatic heterocycles. The molecule has 0 spiro atoms. The predicted octanol–water partition coefficient (Wildman–Crippen LogP) is 4.04. The number of fused-ring (bicyclic) bond motifs is 1. The minimum absolute atomic E-state index is 0.319. The molecule has 0 atom stereocenters. The van der Waals surface area contributed by atoms with Crippen molar-refractivity contribution in [2.75, 3.05) is 7.11 Å². The molecule has 0 fully saturated rings. The van der Waals surface area contributed by atoms with E-state index in [0.717, 1.165) is 45.5 Å². The average Bonchev–Trinajstić information content (AvgIpc) is 3.34. The van der Waals surface area contributed by atoms with Gasteiger partial charge in [0, 0.05) is 52.4 Å². The van der Waals surface area contributed by atoms with Crippen molar-refractivity contribution < 1.29 is 4.74 Å². The fraction of sp³-hybridized carbons (Fsp3) is 0.300. The van der Waals surface area contributed by atoms with E-state index in [1.165, 1.54) is 0 Å². The Hall–Kier alpha value is -3.22. The second-order valence-corrected chi connectivity index (χ2v) is 6.71. The summed E-state index contributed by atoms with van der Waals surface area (Å²) in [6.45, 7) is 6.28. The van der Waals surface area contributed by atoms with Gasteiger partial charge in [0.05, 0.1) is 19.0 Å². The Morgan fingerprint density at radius 3 is 2.70 bits per heavy atom. The number of pyridine rings is 1. The molecule has 27 heavy (non-hydrogen) atoms. The van der Waals surface area contributed by atoms with Crippen molar-refractivity contribution in [1.82, 2.24) is 29.7 Å². The van der Waals surface area contributed by atoms with E-state index >= 15 is 0 Å². The number of aromatic amines is 1. The van der Waals surface area contributed by atoms with E-state index < -0.39 is 0 Å². The van der Waals surface area contributed by atoms with Crippen LogP contribution in [-0.4, -0.2) is 36.8 Å². The van der Waals surface area contributed by atoms with Gasteiger partial charge in [0.25, 0.3) is 0 Å². The van der Waals surface area contributed by atoms with Crippen molar-refractivity contribution in [3.05, 3.63) is 42.6 Å². The first-order chi connectivity index (χ1) is 13.1. The van der Waals surface area contributed by atoms with Crippen molar-refractivity contribution in [3.63, 3.8) is 0 Å². The highest BCUT2D eigenvalue weighted by Crippen LogP contribution is 2.31. The summed E-state index contributed by atoms with van der Waals surface area (Å²) in [7, 11) is 1.58. The third-order valence-electron chi connectivity index (χ3n) is 4.57. The standard InChI is InChI=1S/C20H22N6O/c1-5-15-7-18(25-20(24-15)27-4)17-10-22-19-16(17)6-13(8-21-19)14-9-23-26(11-14)12(2)3/h6-12H,5H2,1-4H3,(H,21,22). The fourth-order valence-electron chi connectivity index (χ4n) is 3.03. The highest BCUT2D eigenvalue weighted by Gasteiger charge is 2.13. The number of rotatable bonds is 5. The first kappa shape index (κ1) is 17.2. The Bertz CT molecular complexity index is 1070. The van der Waals surface area contributed by atoms with Crippen molar-refractivity contribution >= 4 is 11.0 Å². The molecule has 4 heterocycles. The molecule has 0 saturated carbocycles. The van der Waals surface area contributed by atoms with E-state index in [1.54, 1.807) is 7.11 Å². The lowest BCUT2D eigenvalue weighted by Gasteiger charge is -2.06. The smallest absolute Gasteiger partial charge is 0.316 e. The molecule has 138 valence electrons. The quantitative estimate of drug-likeness (QED) is 0.579. The first-order valence-electron chi connectivity index (χ1n) is 9.03. The average molecular weight is 362 g/mol. The minimum atomic E-state index is 0.319. The summed E-state index contributed by atoms with van der Waals surface area (Å²) < 4.78 is 7.21. The van der Waals surface area contributed by atoms with Gasteiger partial charge in [-0.15, -0.1) is 0 Å². The zero-order chi connectivity index (χ0) is 19.0. The van der Waals surface area contributed by atoms with Gasteiger partial charge >= 0.3 is 6.01 Å². The van der Waals surface area contributed by atoms with Gasteiger partial charge in [-0.25, -0.2) is 9.97 Å². The van der Waals surface area contributed by atoms with Gasteiger partial charge in [-0.1, -0.05) is 6.92 Å². The number of ether oxygens (including phenoxy) is 1. The summed E-state index contributed by atoms with van der Waals surface area (Å²) in [6.07, 6.45) is 8.52. The van der Waals surface area contributed by atoms with E-state index in [4.69, 9.17) is 4.74 Å². The van der Waals surface area contributed by atoms with Gasteiger partial charge in [-0.3, -0.25) is 4.68 Å². The third-order valence-corrected chi connectivity index (χ3v) is 4.57. The normalized spacial score (nSPS) is 11.4.